The maximum absolute atomic E-state index is 5.31. The maximum atomic E-state index is 5.31. The quantitative estimate of drug-likeness (QED) is 0.709. The summed E-state index contributed by atoms with van der Waals surface area (Å²) in [5, 5.41) is 4.10. The van der Waals surface area contributed by atoms with E-state index in [0.717, 1.165) is 38.5 Å². The summed E-state index contributed by atoms with van der Waals surface area (Å²) >= 11 is 0. The molecule has 140 valence electrons. The second kappa shape index (κ2) is 7.29. The number of nitrogens with zero attached hydrogens (tertiary/aromatic N) is 4. The van der Waals surface area contributed by atoms with Gasteiger partial charge in [-0.1, -0.05) is 29.4 Å². The molecule has 2 aromatic heterocycles. The van der Waals surface area contributed by atoms with E-state index in [0.29, 0.717) is 17.7 Å². The molecule has 1 fully saturated rings. The van der Waals surface area contributed by atoms with E-state index in [4.69, 9.17) is 8.94 Å². The molecule has 5 rings (SSSR count). The molecule has 0 radical (unpaired) electrons. The van der Waals surface area contributed by atoms with Gasteiger partial charge in [0.2, 0.25) is 0 Å². The van der Waals surface area contributed by atoms with Crippen LogP contribution in [-0.4, -0.2) is 52.2 Å². The van der Waals surface area contributed by atoms with Crippen molar-refractivity contribution in [3.63, 3.8) is 0 Å². The summed E-state index contributed by atoms with van der Waals surface area (Å²) in [5.74, 6) is 1.80. The molecule has 1 atom stereocenters. The van der Waals surface area contributed by atoms with Crippen molar-refractivity contribution in [3.8, 4) is 11.7 Å². The van der Waals surface area contributed by atoms with Crippen LogP contribution in [0.4, 0.5) is 0 Å². The number of benzene rings is 1. The summed E-state index contributed by atoms with van der Waals surface area (Å²) in [6.07, 6.45) is 5.28. The Kier molecular flexibility index (Phi) is 4.51. The van der Waals surface area contributed by atoms with E-state index in [-0.39, 0.29) is 0 Å². The fraction of sp³-hybridized carbons (Fsp3) is 0.429. The third-order valence-electron chi connectivity index (χ3n) is 5.81. The summed E-state index contributed by atoms with van der Waals surface area (Å²) in [4.78, 5) is 9.52. The highest BCUT2D eigenvalue weighted by molar-refractivity contribution is 5.42. The molecule has 1 aliphatic carbocycles. The Bertz CT molecular complexity index is 881. The molecule has 0 spiro atoms. The van der Waals surface area contributed by atoms with Crippen molar-refractivity contribution >= 4 is 0 Å². The Labute approximate surface area is 158 Å². The van der Waals surface area contributed by atoms with Gasteiger partial charge in [0.15, 0.2) is 11.6 Å². The maximum Gasteiger partial charge on any atom is 0.293 e. The number of hydrogen-bond acceptors (Lipinski definition) is 6. The first-order valence-corrected chi connectivity index (χ1v) is 9.75. The van der Waals surface area contributed by atoms with Gasteiger partial charge in [-0.05, 0) is 42.5 Å². The van der Waals surface area contributed by atoms with Gasteiger partial charge < -0.3 is 8.94 Å². The molecular weight excluding hydrogens is 340 g/mol. The SMILES string of the molecule is c1coc(-c2nc(CN3CCN([C@@H]4CCc5ccccc5C4)CC3)no2)c1. The summed E-state index contributed by atoms with van der Waals surface area (Å²) in [6, 6.07) is 13.2. The lowest BCUT2D eigenvalue weighted by Gasteiger charge is -2.40. The van der Waals surface area contributed by atoms with E-state index in [1.54, 1.807) is 6.26 Å². The number of aryl methyl sites for hydroxylation is 1. The molecule has 27 heavy (non-hydrogen) atoms. The summed E-state index contributed by atoms with van der Waals surface area (Å²) in [6.45, 7) is 5.03. The van der Waals surface area contributed by atoms with E-state index in [1.807, 2.05) is 12.1 Å². The Morgan fingerprint density at radius 2 is 1.85 bits per heavy atom. The first kappa shape index (κ1) is 16.7. The van der Waals surface area contributed by atoms with Crippen molar-refractivity contribution < 1.29 is 8.94 Å². The minimum atomic E-state index is 0.453. The van der Waals surface area contributed by atoms with Gasteiger partial charge in [-0.25, -0.2) is 0 Å². The molecule has 0 N–H and O–H groups in total. The number of piperazine rings is 1. The Balaban J connectivity index is 1.15. The molecule has 1 aliphatic heterocycles. The Morgan fingerprint density at radius 3 is 2.67 bits per heavy atom. The van der Waals surface area contributed by atoms with Crippen molar-refractivity contribution in [2.75, 3.05) is 26.2 Å². The second-order valence-electron chi connectivity index (χ2n) is 7.47. The molecule has 0 saturated carbocycles. The molecule has 6 heteroatoms. The predicted octanol–water partition coefficient (Wildman–Crippen LogP) is 3.00. The smallest absolute Gasteiger partial charge is 0.293 e. The lowest BCUT2D eigenvalue weighted by atomic mass is 9.87. The van der Waals surface area contributed by atoms with Crippen LogP contribution in [0.3, 0.4) is 0 Å². The minimum Gasteiger partial charge on any atom is -0.459 e. The highest BCUT2D eigenvalue weighted by Crippen LogP contribution is 2.25. The molecule has 3 aromatic rings. The Morgan fingerprint density at radius 1 is 1.00 bits per heavy atom. The zero-order chi connectivity index (χ0) is 18.1. The van der Waals surface area contributed by atoms with Gasteiger partial charge in [-0.2, -0.15) is 4.98 Å². The Hall–Kier alpha value is -2.44. The van der Waals surface area contributed by atoms with Crippen LogP contribution in [0.25, 0.3) is 11.7 Å². The standard InChI is InChI=1S/C21H24N4O2/c1-2-5-17-14-18(8-7-16(17)4-1)25-11-9-24(10-12-25)15-20-22-21(27-23-20)19-6-3-13-26-19/h1-6,13,18H,7-12,14-15H2/t18-/m1/s1. The summed E-state index contributed by atoms with van der Waals surface area (Å²) in [7, 11) is 0. The van der Waals surface area contributed by atoms with Crippen molar-refractivity contribution in [2.45, 2.75) is 31.8 Å². The van der Waals surface area contributed by atoms with Crippen molar-refractivity contribution in [1.29, 1.82) is 0 Å². The van der Waals surface area contributed by atoms with Crippen LogP contribution in [0.5, 0.6) is 0 Å². The minimum absolute atomic E-state index is 0.453. The lowest BCUT2D eigenvalue weighted by Crippen LogP contribution is -2.51. The van der Waals surface area contributed by atoms with Gasteiger partial charge in [0.1, 0.15) is 0 Å². The number of fused-ring (bicyclic) bond motifs is 1. The number of aromatic nitrogens is 2. The first-order valence-electron chi connectivity index (χ1n) is 9.75. The molecule has 1 aromatic carbocycles. The molecule has 0 unspecified atom stereocenters. The molecule has 2 aliphatic rings. The lowest BCUT2D eigenvalue weighted by molar-refractivity contribution is 0.0838. The van der Waals surface area contributed by atoms with Gasteiger partial charge in [-0.15, -0.1) is 0 Å². The molecule has 6 nitrogen and oxygen atoms in total. The fourth-order valence-electron chi connectivity index (χ4n) is 4.30. The van der Waals surface area contributed by atoms with Crippen LogP contribution in [-0.2, 0) is 19.4 Å². The predicted molar refractivity (Wildman–Crippen MR) is 101 cm³/mol. The van der Waals surface area contributed by atoms with Gasteiger partial charge in [0.25, 0.3) is 5.89 Å². The molecule has 3 heterocycles. The van der Waals surface area contributed by atoms with Crippen LogP contribution in [0, 0.1) is 0 Å². The molecule has 0 bridgehead atoms. The van der Waals surface area contributed by atoms with Gasteiger partial charge >= 0.3 is 0 Å². The molecule has 1 saturated heterocycles. The number of furan rings is 1. The molecular formula is C21H24N4O2. The topological polar surface area (TPSA) is 58.5 Å². The monoisotopic (exact) mass is 364 g/mol. The number of rotatable bonds is 4. The van der Waals surface area contributed by atoms with E-state index in [2.05, 4.69) is 44.2 Å². The van der Waals surface area contributed by atoms with Gasteiger partial charge in [0, 0.05) is 32.2 Å². The zero-order valence-electron chi connectivity index (χ0n) is 15.4. The highest BCUT2D eigenvalue weighted by Gasteiger charge is 2.27. The third kappa shape index (κ3) is 3.55. The van der Waals surface area contributed by atoms with Crippen LogP contribution in [0.1, 0.15) is 23.4 Å². The van der Waals surface area contributed by atoms with Crippen LogP contribution in [0.2, 0.25) is 0 Å². The van der Waals surface area contributed by atoms with Crippen LogP contribution in [0.15, 0.2) is 51.6 Å². The summed E-state index contributed by atoms with van der Waals surface area (Å²) < 4.78 is 10.6. The second-order valence-corrected chi connectivity index (χ2v) is 7.47. The normalized spacial score (nSPS) is 21.3. The average Bonchev–Trinajstić information content (AvgIpc) is 3.40. The van der Waals surface area contributed by atoms with Gasteiger partial charge in [-0.3, -0.25) is 9.80 Å². The van der Waals surface area contributed by atoms with Crippen molar-refractivity contribution in [1.82, 2.24) is 19.9 Å². The highest BCUT2D eigenvalue weighted by atomic mass is 16.5. The van der Waals surface area contributed by atoms with Crippen molar-refractivity contribution in [2.24, 2.45) is 0 Å². The average molecular weight is 364 g/mol. The third-order valence-corrected chi connectivity index (χ3v) is 5.81. The van der Waals surface area contributed by atoms with E-state index >= 15 is 0 Å². The number of hydrogen-bond donors (Lipinski definition) is 0. The largest absolute Gasteiger partial charge is 0.459 e. The van der Waals surface area contributed by atoms with E-state index in [9.17, 15) is 0 Å². The van der Waals surface area contributed by atoms with Crippen LogP contribution >= 0.6 is 0 Å². The fourth-order valence-corrected chi connectivity index (χ4v) is 4.30. The summed E-state index contributed by atoms with van der Waals surface area (Å²) in [5.41, 5.74) is 3.07. The first-order chi connectivity index (χ1) is 13.3. The van der Waals surface area contributed by atoms with E-state index < -0.39 is 0 Å². The van der Waals surface area contributed by atoms with Gasteiger partial charge in [0.05, 0.1) is 12.8 Å². The van der Waals surface area contributed by atoms with E-state index in [1.165, 1.54) is 30.4 Å². The van der Waals surface area contributed by atoms with Crippen LogP contribution < -0.4 is 0 Å². The molecule has 0 amide bonds. The van der Waals surface area contributed by atoms with Crippen molar-refractivity contribution in [3.05, 3.63) is 59.6 Å². The zero-order valence-corrected chi connectivity index (χ0v) is 15.4.